The summed E-state index contributed by atoms with van der Waals surface area (Å²) >= 11 is 0. The van der Waals surface area contributed by atoms with Crippen molar-refractivity contribution in [1.29, 1.82) is 0 Å². The molecule has 3 aliphatic rings. The number of hydrogen-bond acceptors (Lipinski definition) is 4. The smallest absolute Gasteiger partial charge is 0.357 e. The van der Waals surface area contributed by atoms with Crippen LogP contribution in [0.1, 0.15) is 22.7 Å². The van der Waals surface area contributed by atoms with E-state index >= 15 is 0 Å². The molecule has 10 heteroatoms. The van der Waals surface area contributed by atoms with Crippen LogP contribution in [0.25, 0.3) is 6.08 Å². The zero-order valence-corrected chi connectivity index (χ0v) is 19.5. The SMILES string of the molecule is O=C(Nc1cccc(C(F)(F)F)c1)[C@@H]1[C@@H]2C(=O)N(c3ccc(F)cc3)C(=O)[C@H]2[C@@H]2c3ccccc3C=CN12. The highest BCUT2D eigenvalue weighted by Gasteiger charge is 2.64. The molecule has 6 nitrogen and oxygen atoms in total. The van der Waals surface area contributed by atoms with Gasteiger partial charge in [-0.3, -0.25) is 14.4 Å². The Morgan fingerprint density at radius 1 is 0.868 bits per heavy atom. The van der Waals surface area contributed by atoms with Gasteiger partial charge >= 0.3 is 6.18 Å². The summed E-state index contributed by atoms with van der Waals surface area (Å²) < 4.78 is 53.2. The van der Waals surface area contributed by atoms with Crippen molar-refractivity contribution in [2.75, 3.05) is 10.2 Å². The summed E-state index contributed by atoms with van der Waals surface area (Å²) in [5.74, 6) is -4.45. The van der Waals surface area contributed by atoms with Crippen molar-refractivity contribution in [3.8, 4) is 0 Å². The highest BCUT2D eigenvalue weighted by atomic mass is 19.4. The minimum atomic E-state index is -4.60. The number of nitrogens with zero attached hydrogens (tertiary/aromatic N) is 2. The molecule has 2 saturated heterocycles. The molecule has 0 spiro atoms. The molecule has 3 aromatic rings. The van der Waals surface area contributed by atoms with E-state index in [1.165, 1.54) is 24.3 Å². The van der Waals surface area contributed by atoms with E-state index in [0.29, 0.717) is 0 Å². The molecule has 6 rings (SSSR count). The summed E-state index contributed by atoms with van der Waals surface area (Å²) in [6.45, 7) is 0. The third kappa shape index (κ3) is 3.67. The third-order valence-electron chi connectivity index (χ3n) is 7.27. The van der Waals surface area contributed by atoms with Crippen molar-refractivity contribution in [2.24, 2.45) is 11.8 Å². The fourth-order valence-corrected chi connectivity index (χ4v) is 5.69. The normalized spacial score (nSPS) is 23.8. The number of amides is 3. The number of halogens is 4. The second kappa shape index (κ2) is 8.54. The average molecular weight is 521 g/mol. The highest BCUT2D eigenvalue weighted by Crippen LogP contribution is 2.53. The first-order chi connectivity index (χ1) is 18.1. The number of benzene rings is 3. The van der Waals surface area contributed by atoms with Gasteiger partial charge in [0, 0.05) is 11.9 Å². The predicted octanol–water partition coefficient (Wildman–Crippen LogP) is 5.00. The topological polar surface area (TPSA) is 69.7 Å². The van der Waals surface area contributed by atoms with Crippen LogP contribution in [0.15, 0.2) is 79.0 Å². The molecule has 0 radical (unpaired) electrons. The maximum atomic E-state index is 13.7. The van der Waals surface area contributed by atoms with Crippen LogP contribution in [0.5, 0.6) is 0 Å². The molecule has 3 aromatic carbocycles. The lowest BCUT2D eigenvalue weighted by Crippen LogP contribution is -2.46. The van der Waals surface area contributed by atoms with Gasteiger partial charge in [-0.2, -0.15) is 13.2 Å². The second-order valence-electron chi connectivity index (χ2n) is 9.39. The summed E-state index contributed by atoms with van der Waals surface area (Å²) in [5.41, 5.74) is 0.740. The summed E-state index contributed by atoms with van der Waals surface area (Å²) in [7, 11) is 0. The second-order valence-corrected chi connectivity index (χ2v) is 9.39. The molecule has 38 heavy (non-hydrogen) atoms. The number of fused-ring (bicyclic) bond motifs is 5. The lowest BCUT2D eigenvalue weighted by Gasteiger charge is -2.35. The van der Waals surface area contributed by atoms with Crippen LogP contribution < -0.4 is 10.2 Å². The van der Waals surface area contributed by atoms with Gasteiger partial charge in [0.1, 0.15) is 11.9 Å². The molecule has 0 saturated carbocycles. The van der Waals surface area contributed by atoms with Gasteiger partial charge in [0.25, 0.3) is 0 Å². The molecular formula is C28H19F4N3O3. The Labute approximate surface area is 214 Å². The highest BCUT2D eigenvalue weighted by molar-refractivity contribution is 6.24. The quantitative estimate of drug-likeness (QED) is 0.389. The Hall–Kier alpha value is -4.47. The summed E-state index contributed by atoms with van der Waals surface area (Å²) in [4.78, 5) is 43.7. The van der Waals surface area contributed by atoms with Gasteiger partial charge in [-0.05, 0) is 59.7 Å². The van der Waals surface area contributed by atoms with Gasteiger partial charge in [-0.1, -0.05) is 30.3 Å². The lowest BCUT2D eigenvalue weighted by molar-refractivity contribution is -0.137. The first kappa shape index (κ1) is 23.9. The number of carbonyl (C=O) groups is 3. The molecule has 4 atom stereocenters. The number of hydrogen-bond donors (Lipinski definition) is 1. The van der Waals surface area contributed by atoms with E-state index in [0.717, 1.165) is 40.3 Å². The molecule has 0 unspecified atom stereocenters. The molecule has 3 heterocycles. The Bertz CT molecular complexity index is 1500. The third-order valence-corrected chi connectivity index (χ3v) is 7.27. The van der Waals surface area contributed by atoms with E-state index in [9.17, 15) is 31.9 Å². The molecule has 0 aromatic heterocycles. The van der Waals surface area contributed by atoms with E-state index in [-0.39, 0.29) is 11.4 Å². The van der Waals surface area contributed by atoms with Gasteiger partial charge in [-0.15, -0.1) is 0 Å². The number of rotatable bonds is 3. The van der Waals surface area contributed by atoms with Crippen LogP contribution in [0.2, 0.25) is 0 Å². The number of nitrogens with one attached hydrogen (secondary N) is 1. The van der Waals surface area contributed by atoms with E-state index in [4.69, 9.17) is 0 Å². The van der Waals surface area contributed by atoms with E-state index in [1.54, 1.807) is 23.2 Å². The van der Waals surface area contributed by atoms with Gasteiger partial charge < -0.3 is 10.2 Å². The van der Waals surface area contributed by atoms with Gasteiger partial charge in [-0.25, -0.2) is 9.29 Å². The van der Waals surface area contributed by atoms with E-state index < -0.39 is 59.2 Å². The Kier molecular flexibility index (Phi) is 5.37. The molecule has 0 bridgehead atoms. The minimum absolute atomic E-state index is 0.0848. The van der Waals surface area contributed by atoms with Crippen LogP contribution >= 0.6 is 0 Å². The molecular weight excluding hydrogens is 502 g/mol. The van der Waals surface area contributed by atoms with Crippen molar-refractivity contribution in [2.45, 2.75) is 18.3 Å². The summed E-state index contributed by atoms with van der Waals surface area (Å²) in [6, 6.07) is 14.6. The van der Waals surface area contributed by atoms with E-state index in [2.05, 4.69) is 5.32 Å². The van der Waals surface area contributed by atoms with Crippen LogP contribution in [0, 0.1) is 17.7 Å². The number of alkyl halides is 3. The van der Waals surface area contributed by atoms with Crippen LogP contribution in [-0.2, 0) is 20.6 Å². The van der Waals surface area contributed by atoms with Crippen molar-refractivity contribution in [3.05, 3.63) is 102 Å². The fraction of sp³-hybridized carbons (Fsp3) is 0.179. The summed E-state index contributed by atoms with van der Waals surface area (Å²) in [6.07, 6.45) is -1.19. The van der Waals surface area contributed by atoms with Crippen molar-refractivity contribution < 1.29 is 31.9 Å². The Morgan fingerprint density at radius 3 is 2.32 bits per heavy atom. The first-order valence-corrected chi connectivity index (χ1v) is 11.8. The van der Waals surface area contributed by atoms with Gasteiger partial charge in [0.15, 0.2) is 0 Å². The van der Waals surface area contributed by atoms with Crippen LogP contribution in [0.4, 0.5) is 28.9 Å². The minimum Gasteiger partial charge on any atom is -0.357 e. The number of carbonyl (C=O) groups excluding carboxylic acids is 3. The predicted molar refractivity (Wildman–Crippen MR) is 130 cm³/mol. The van der Waals surface area contributed by atoms with Crippen molar-refractivity contribution in [3.63, 3.8) is 0 Å². The van der Waals surface area contributed by atoms with Gasteiger partial charge in [0.05, 0.1) is 29.1 Å². The zero-order valence-electron chi connectivity index (χ0n) is 19.5. The van der Waals surface area contributed by atoms with Crippen LogP contribution in [0.3, 0.4) is 0 Å². The largest absolute Gasteiger partial charge is 0.416 e. The molecule has 3 amide bonds. The monoisotopic (exact) mass is 521 g/mol. The number of anilines is 2. The molecule has 2 fully saturated rings. The van der Waals surface area contributed by atoms with Crippen molar-refractivity contribution >= 4 is 35.2 Å². The van der Waals surface area contributed by atoms with Gasteiger partial charge in [0.2, 0.25) is 17.7 Å². The van der Waals surface area contributed by atoms with E-state index in [1.807, 2.05) is 18.2 Å². The molecule has 1 N–H and O–H groups in total. The summed E-state index contributed by atoms with van der Waals surface area (Å²) in [5, 5.41) is 2.52. The van der Waals surface area contributed by atoms with Crippen LogP contribution in [-0.4, -0.2) is 28.7 Å². The maximum Gasteiger partial charge on any atom is 0.416 e. The maximum absolute atomic E-state index is 13.7. The molecule has 192 valence electrons. The Balaban J connectivity index is 1.41. The molecule has 3 aliphatic heterocycles. The Morgan fingerprint density at radius 2 is 1.58 bits per heavy atom. The standard InChI is InChI=1S/C28H19F4N3O3/c29-17-8-10-19(11-9-17)35-26(37)21-22(27(35)38)24(34-13-12-15-4-1-2-7-20(15)23(21)34)25(36)33-18-6-3-5-16(14-18)28(30,31)32/h1-14,21-24H,(H,33,36)/t21-,22-,23+,24+/m1/s1. The first-order valence-electron chi connectivity index (χ1n) is 11.8. The lowest BCUT2D eigenvalue weighted by atomic mass is 9.84. The van der Waals surface area contributed by atoms with Crippen molar-refractivity contribution in [1.82, 2.24) is 4.90 Å². The average Bonchev–Trinajstić information content (AvgIpc) is 3.37. The zero-order chi connectivity index (χ0) is 26.8. The number of imide groups is 1. The fourth-order valence-electron chi connectivity index (χ4n) is 5.69. The molecule has 0 aliphatic carbocycles.